The Morgan fingerprint density at radius 1 is 0.775 bits per heavy atom. The van der Waals surface area contributed by atoms with Gasteiger partial charge in [-0.15, -0.1) is 5.10 Å². The molecule has 1 aliphatic heterocycles. The van der Waals surface area contributed by atoms with Crippen LogP contribution < -0.4 is 0 Å². The van der Waals surface area contributed by atoms with Gasteiger partial charge < -0.3 is 0 Å². The molecule has 5 nitrogen and oxygen atoms in total. The van der Waals surface area contributed by atoms with E-state index < -0.39 is 0 Å². The number of nitrogens with zero attached hydrogens (tertiary/aromatic N) is 4. The highest BCUT2D eigenvalue weighted by atomic mass is 16.1. The van der Waals surface area contributed by atoms with Crippen LogP contribution in [0.15, 0.2) is 65.9 Å². The monoisotopic (exact) mass is 538 g/mol. The van der Waals surface area contributed by atoms with Crippen molar-refractivity contribution < 1.29 is 4.79 Å². The number of piperidine rings is 1. The number of unbranched alkanes of at least 4 members (excludes halogenated alkanes) is 2. The van der Waals surface area contributed by atoms with E-state index in [-0.39, 0.29) is 16.6 Å². The molecule has 0 unspecified atom stereocenters. The highest BCUT2D eigenvalue weighted by molar-refractivity contribution is 6.14. The Labute approximate surface area is 241 Å². The molecule has 5 heteroatoms. The fourth-order valence-electron chi connectivity index (χ4n) is 5.06. The molecule has 0 aliphatic carbocycles. The second-order valence-electron chi connectivity index (χ2n) is 13.2. The van der Waals surface area contributed by atoms with Crippen molar-refractivity contribution in [3.05, 3.63) is 93.8 Å². The van der Waals surface area contributed by atoms with Crippen molar-refractivity contribution in [3.63, 3.8) is 0 Å². The Morgan fingerprint density at radius 3 is 1.73 bits per heavy atom. The summed E-state index contributed by atoms with van der Waals surface area (Å²) in [6, 6.07) is 17.2. The van der Waals surface area contributed by atoms with Crippen molar-refractivity contribution in [2.45, 2.75) is 91.6 Å². The van der Waals surface area contributed by atoms with Gasteiger partial charge in [0.15, 0.2) is 5.78 Å². The van der Waals surface area contributed by atoms with E-state index in [0.717, 1.165) is 40.9 Å². The summed E-state index contributed by atoms with van der Waals surface area (Å²) in [5, 5.41) is 8.78. The Kier molecular flexibility index (Phi) is 9.25. The molecule has 1 aromatic heterocycles. The zero-order valence-corrected chi connectivity index (χ0v) is 25.5. The van der Waals surface area contributed by atoms with Crippen LogP contribution in [0.2, 0.25) is 0 Å². The van der Waals surface area contributed by atoms with Gasteiger partial charge in [0, 0.05) is 43.5 Å². The minimum Gasteiger partial charge on any atom is -0.289 e. The molecule has 40 heavy (non-hydrogen) atoms. The van der Waals surface area contributed by atoms with Gasteiger partial charge in [-0.05, 0) is 51.7 Å². The fourth-order valence-corrected chi connectivity index (χ4v) is 5.06. The van der Waals surface area contributed by atoms with Crippen LogP contribution in [0.4, 0.5) is 0 Å². The van der Waals surface area contributed by atoms with Crippen molar-refractivity contribution in [2.75, 3.05) is 13.1 Å². The Balaban J connectivity index is 1.61. The number of hydrogen-bond acceptors (Lipinski definition) is 4. The number of likely N-dealkylation sites (tertiary alicyclic amines) is 1. The van der Waals surface area contributed by atoms with E-state index in [0.29, 0.717) is 19.6 Å². The normalized spacial score (nSPS) is 17.2. The molecular weight excluding hydrogens is 492 g/mol. The van der Waals surface area contributed by atoms with Crippen LogP contribution in [-0.4, -0.2) is 38.8 Å². The summed E-state index contributed by atoms with van der Waals surface area (Å²) in [4.78, 5) is 16.0. The highest BCUT2D eigenvalue weighted by Crippen LogP contribution is 2.27. The molecule has 0 saturated carbocycles. The molecule has 0 atom stereocenters. The summed E-state index contributed by atoms with van der Waals surface area (Å²) in [6.45, 7) is 18.2. The minimum atomic E-state index is 0.0928. The molecule has 0 amide bonds. The maximum absolute atomic E-state index is 13.7. The standard InChI is InChI=1S/C35H46N4O/c1-8-9-10-19-39-25-32(36-37-39)24-38-22-28(20-26-11-15-30(16-12-26)34(2,3)4)33(40)29(23-38)21-27-13-17-31(18-14-27)35(5,6)7/h11-18,20-21,25H,8-10,19,22-24H2,1-7H3/b28-20-,29-21+. The first-order valence-corrected chi connectivity index (χ1v) is 14.7. The number of rotatable bonds is 8. The second-order valence-corrected chi connectivity index (χ2v) is 13.2. The first kappa shape index (κ1) is 29.7. The molecule has 2 aromatic carbocycles. The van der Waals surface area contributed by atoms with Gasteiger partial charge in [-0.2, -0.15) is 0 Å². The molecule has 2 heterocycles. The Bertz CT molecular complexity index is 1270. The zero-order valence-electron chi connectivity index (χ0n) is 25.5. The topological polar surface area (TPSA) is 51.0 Å². The lowest BCUT2D eigenvalue weighted by molar-refractivity contribution is -0.113. The number of benzene rings is 2. The summed E-state index contributed by atoms with van der Waals surface area (Å²) in [5.74, 6) is 0.124. The maximum atomic E-state index is 13.7. The van der Waals surface area contributed by atoms with Crippen LogP contribution in [0.25, 0.3) is 12.2 Å². The van der Waals surface area contributed by atoms with Crippen molar-refractivity contribution in [1.29, 1.82) is 0 Å². The van der Waals surface area contributed by atoms with Gasteiger partial charge in [-0.25, -0.2) is 0 Å². The molecular formula is C35H46N4O. The van der Waals surface area contributed by atoms with Gasteiger partial charge in [-0.1, -0.05) is 115 Å². The quantitative estimate of drug-likeness (QED) is 0.219. The third-order valence-corrected chi connectivity index (χ3v) is 7.57. The SMILES string of the molecule is CCCCCn1cc(CN2C/C(=C/c3ccc(C(C)(C)C)cc3)C(=O)/C(=C/c3ccc(C(C)(C)C)cc3)C2)nn1. The molecule has 0 bridgehead atoms. The third kappa shape index (κ3) is 7.88. The molecule has 0 N–H and O–H groups in total. The lowest BCUT2D eigenvalue weighted by Crippen LogP contribution is -2.37. The van der Waals surface area contributed by atoms with Crippen molar-refractivity contribution in [1.82, 2.24) is 19.9 Å². The van der Waals surface area contributed by atoms with Crippen LogP contribution in [0, 0.1) is 0 Å². The molecule has 3 aromatic rings. The third-order valence-electron chi connectivity index (χ3n) is 7.57. The summed E-state index contributed by atoms with van der Waals surface area (Å²) in [6.07, 6.45) is 9.65. The zero-order chi connectivity index (χ0) is 28.9. The van der Waals surface area contributed by atoms with E-state index in [1.165, 1.54) is 24.0 Å². The molecule has 0 radical (unpaired) electrons. The fraction of sp³-hybridized carbons (Fsp3) is 0.457. The number of hydrogen-bond donors (Lipinski definition) is 0. The van der Waals surface area contributed by atoms with E-state index in [4.69, 9.17) is 0 Å². The Hall–Kier alpha value is -3.31. The number of ketones is 1. The van der Waals surface area contributed by atoms with Crippen LogP contribution in [0.3, 0.4) is 0 Å². The lowest BCUT2D eigenvalue weighted by atomic mass is 9.86. The van der Waals surface area contributed by atoms with Crippen LogP contribution >= 0.6 is 0 Å². The predicted molar refractivity (Wildman–Crippen MR) is 166 cm³/mol. The number of Topliss-reactive ketones (excluding diaryl/α,β-unsaturated/α-hetero) is 1. The average molecular weight is 539 g/mol. The van der Waals surface area contributed by atoms with Crippen molar-refractivity contribution >= 4 is 17.9 Å². The molecule has 0 spiro atoms. The number of aromatic nitrogens is 3. The average Bonchev–Trinajstić information content (AvgIpc) is 3.33. The molecule has 4 rings (SSSR count). The Morgan fingerprint density at radius 2 is 1.27 bits per heavy atom. The van der Waals surface area contributed by atoms with Gasteiger partial charge in [-0.3, -0.25) is 14.4 Å². The van der Waals surface area contributed by atoms with E-state index in [1.54, 1.807) is 0 Å². The summed E-state index contributed by atoms with van der Waals surface area (Å²) >= 11 is 0. The van der Waals surface area contributed by atoms with Gasteiger partial charge >= 0.3 is 0 Å². The van der Waals surface area contributed by atoms with E-state index in [1.807, 2.05) is 4.68 Å². The van der Waals surface area contributed by atoms with E-state index in [9.17, 15) is 4.79 Å². The lowest BCUT2D eigenvalue weighted by Gasteiger charge is -2.29. The first-order chi connectivity index (χ1) is 18.9. The maximum Gasteiger partial charge on any atom is 0.187 e. The number of carbonyl (C=O) groups excluding carboxylic acids is 1. The number of aryl methyl sites for hydroxylation is 1. The van der Waals surface area contributed by atoms with Gasteiger partial charge in [0.1, 0.15) is 0 Å². The molecule has 212 valence electrons. The largest absolute Gasteiger partial charge is 0.289 e. The molecule has 1 saturated heterocycles. The van der Waals surface area contributed by atoms with E-state index >= 15 is 0 Å². The van der Waals surface area contributed by atoms with Crippen LogP contribution in [0.5, 0.6) is 0 Å². The van der Waals surface area contributed by atoms with Crippen LogP contribution in [0.1, 0.15) is 95.7 Å². The number of carbonyl (C=O) groups is 1. The smallest absolute Gasteiger partial charge is 0.187 e. The summed E-state index contributed by atoms with van der Waals surface area (Å²) in [5.41, 5.74) is 7.41. The van der Waals surface area contributed by atoms with Gasteiger partial charge in [0.25, 0.3) is 0 Å². The predicted octanol–water partition coefficient (Wildman–Crippen LogP) is 7.62. The summed E-state index contributed by atoms with van der Waals surface area (Å²) in [7, 11) is 0. The highest BCUT2D eigenvalue weighted by Gasteiger charge is 2.27. The summed E-state index contributed by atoms with van der Waals surface area (Å²) < 4.78 is 1.95. The molecule has 1 fully saturated rings. The first-order valence-electron chi connectivity index (χ1n) is 14.7. The van der Waals surface area contributed by atoms with Gasteiger partial charge in [0.2, 0.25) is 0 Å². The van der Waals surface area contributed by atoms with Crippen molar-refractivity contribution in [2.24, 2.45) is 0 Å². The minimum absolute atomic E-state index is 0.0928. The second kappa shape index (κ2) is 12.5. The molecule has 1 aliphatic rings. The van der Waals surface area contributed by atoms with E-state index in [2.05, 4.69) is 131 Å². The van der Waals surface area contributed by atoms with Crippen LogP contribution in [-0.2, 0) is 28.7 Å². The van der Waals surface area contributed by atoms with Crippen molar-refractivity contribution in [3.8, 4) is 0 Å². The van der Waals surface area contributed by atoms with Gasteiger partial charge in [0.05, 0.1) is 5.69 Å².